The molecule has 2 aromatic carbocycles. The van der Waals surface area contributed by atoms with Crippen LogP contribution in [0.2, 0.25) is 0 Å². The first-order valence-corrected chi connectivity index (χ1v) is 6.58. The SMILES string of the molecule is Cc1ccc(C(O)COc2ccccc2Br)cc1. The largest absolute Gasteiger partial charge is 0.489 e. The highest BCUT2D eigenvalue weighted by Crippen LogP contribution is 2.25. The zero-order valence-electron chi connectivity index (χ0n) is 10.1. The van der Waals surface area contributed by atoms with E-state index in [1.54, 1.807) is 0 Å². The molecule has 0 saturated carbocycles. The Kier molecular flexibility index (Phi) is 4.39. The lowest BCUT2D eigenvalue weighted by Gasteiger charge is -2.13. The van der Waals surface area contributed by atoms with Crippen LogP contribution in [-0.4, -0.2) is 11.7 Å². The molecular weight excluding hydrogens is 292 g/mol. The topological polar surface area (TPSA) is 29.5 Å². The van der Waals surface area contributed by atoms with Gasteiger partial charge < -0.3 is 9.84 Å². The zero-order chi connectivity index (χ0) is 13.0. The van der Waals surface area contributed by atoms with Crippen LogP contribution < -0.4 is 4.74 Å². The van der Waals surface area contributed by atoms with Crippen LogP contribution in [0.15, 0.2) is 53.0 Å². The van der Waals surface area contributed by atoms with E-state index in [0.717, 1.165) is 15.8 Å². The highest BCUT2D eigenvalue weighted by atomic mass is 79.9. The standard InChI is InChI=1S/C15H15BrO2/c1-11-6-8-12(9-7-11)14(17)10-18-15-5-3-2-4-13(15)16/h2-9,14,17H,10H2,1H3. The summed E-state index contributed by atoms with van der Waals surface area (Å²) >= 11 is 3.41. The number of ether oxygens (including phenoxy) is 1. The normalized spacial score (nSPS) is 12.2. The summed E-state index contributed by atoms with van der Waals surface area (Å²) in [6.45, 7) is 2.26. The van der Waals surface area contributed by atoms with E-state index >= 15 is 0 Å². The highest BCUT2D eigenvalue weighted by Gasteiger charge is 2.09. The average molecular weight is 307 g/mol. The summed E-state index contributed by atoms with van der Waals surface area (Å²) in [5, 5.41) is 10.0. The number of halogens is 1. The maximum absolute atomic E-state index is 10.0. The van der Waals surface area contributed by atoms with Crippen molar-refractivity contribution in [2.75, 3.05) is 6.61 Å². The van der Waals surface area contributed by atoms with E-state index in [1.807, 2.05) is 55.5 Å². The smallest absolute Gasteiger partial charge is 0.133 e. The van der Waals surface area contributed by atoms with Crippen LogP contribution >= 0.6 is 15.9 Å². The van der Waals surface area contributed by atoms with Crippen LogP contribution in [-0.2, 0) is 0 Å². The van der Waals surface area contributed by atoms with Gasteiger partial charge in [0.25, 0.3) is 0 Å². The van der Waals surface area contributed by atoms with E-state index in [2.05, 4.69) is 15.9 Å². The maximum atomic E-state index is 10.0. The Labute approximate surface area is 115 Å². The molecule has 0 aromatic heterocycles. The van der Waals surface area contributed by atoms with Gasteiger partial charge in [-0.05, 0) is 40.5 Å². The summed E-state index contributed by atoms with van der Waals surface area (Å²) < 4.78 is 6.48. The molecule has 0 spiro atoms. The van der Waals surface area contributed by atoms with Crippen LogP contribution in [0.25, 0.3) is 0 Å². The second-order valence-corrected chi connectivity index (χ2v) is 5.02. The molecule has 0 heterocycles. The van der Waals surface area contributed by atoms with Crippen molar-refractivity contribution in [1.29, 1.82) is 0 Å². The molecule has 94 valence electrons. The van der Waals surface area contributed by atoms with Gasteiger partial charge in [-0.1, -0.05) is 42.0 Å². The van der Waals surface area contributed by atoms with Crippen molar-refractivity contribution in [1.82, 2.24) is 0 Å². The summed E-state index contributed by atoms with van der Waals surface area (Å²) in [4.78, 5) is 0. The van der Waals surface area contributed by atoms with E-state index in [0.29, 0.717) is 0 Å². The molecule has 0 fully saturated rings. The quantitative estimate of drug-likeness (QED) is 0.929. The van der Waals surface area contributed by atoms with Gasteiger partial charge in [0.05, 0.1) is 4.47 Å². The minimum absolute atomic E-state index is 0.242. The van der Waals surface area contributed by atoms with Gasteiger partial charge in [0.15, 0.2) is 0 Å². The Hall–Kier alpha value is -1.32. The molecule has 2 nitrogen and oxygen atoms in total. The van der Waals surface area contributed by atoms with Crippen LogP contribution in [0.1, 0.15) is 17.2 Å². The summed E-state index contributed by atoms with van der Waals surface area (Å²) in [6.07, 6.45) is -0.613. The van der Waals surface area contributed by atoms with Gasteiger partial charge in [-0.3, -0.25) is 0 Å². The van der Waals surface area contributed by atoms with Crippen LogP contribution in [0.4, 0.5) is 0 Å². The Morgan fingerprint density at radius 2 is 1.78 bits per heavy atom. The van der Waals surface area contributed by atoms with Gasteiger partial charge in [-0.2, -0.15) is 0 Å². The molecule has 0 aliphatic rings. The van der Waals surface area contributed by atoms with Crippen LogP contribution in [0, 0.1) is 6.92 Å². The molecule has 0 radical (unpaired) electrons. The Bertz CT molecular complexity index is 508. The second kappa shape index (κ2) is 6.03. The van der Waals surface area contributed by atoms with E-state index in [1.165, 1.54) is 5.56 Å². The highest BCUT2D eigenvalue weighted by molar-refractivity contribution is 9.10. The van der Waals surface area contributed by atoms with E-state index < -0.39 is 6.10 Å². The number of hydrogen-bond acceptors (Lipinski definition) is 2. The Balaban J connectivity index is 1.98. The van der Waals surface area contributed by atoms with Crippen molar-refractivity contribution in [3.8, 4) is 5.75 Å². The molecule has 1 unspecified atom stereocenters. The number of aliphatic hydroxyl groups excluding tert-OH is 1. The first kappa shape index (κ1) is 13.1. The molecule has 3 heteroatoms. The van der Waals surface area contributed by atoms with Crippen molar-refractivity contribution >= 4 is 15.9 Å². The van der Waals surface area contributed by atoms with Crippen LogP contribution in [0.3, 0.4) is 0 Å². The Morgan fingerprint density at radius 1 is 1.11 bits per heavy atom. The third-order valence-electron chi connectivity index (χ3n) is 2.70. The predicted octanol–water partition coefficient (Wildman–Crippen LogP) is 3.87. The fraction of sp³-hybridized carbons (Fsp3) is 0.200. The molecule has 0 saturated heterocycles. The predicted molar refractivity (Wildman–Crippen MR) is 75.8 cm³/mol. The van der Waals surface area contributed by atoms with Gasteiger partial charge in [0.2, 0.25) is 0 Å². The number of hydrogen-bond donors (Lipinski definition) is 1. The summed E-state index contributed by atoms with van der Waals surface area (Å²) in [6, 6.07) is 15.4. The lowest BCUT2D eigenvalue weighted by Crippen LogP contribution is -2.09. The van der Waals surface area contributed by atoms with Gasteiger partial charge in [-0.25, -0.2) is 0 Å². The summed E-state index contributed by atoms with van der Waals surface area (Å²) in [5.41, 5.74) is 2.05. The number of rotatable bonds is 4. The first-order valence-electron chi connectivity index (χ1n) is 5.79. The lowest BCUT2D eigenvalue weighted by molar-refractivity contribution is 0.108. The lowest BCUT2D eigenvalue weighted by atomic mass is 10.1. The number of aliphatic hydroxyl groups is 1. The number of para-hydroxylation sites is 1. The zero-order valence-corrected chi connectivity index (χ0v) is 11.7. The van der Waals surface area contributed by atoms with Gasteiger partial charge in [0, 0.05) is 0 Å². The minimum Gasteiger partial charge on any atom is -0.489 e. The van der Waals surface area contributed by atoms with Crippen molar-refractivity contribution in [3.63, 3.8) is 0 Å². The fourth-order valence-electron chi connectivity index (χ4n) is 1.62. The molecule has 0 bridgehead atoms. The van der Waals surface area contributed by atoms with Gasteiger partial charge >= 0.3 is 0 Å². The van der Waals surface area contributed by atoms with E-state index in [-0.39, 0.29) is 6.61 Å². The first-order chi connectivity index (χ1) is 8.66. The molecule has 1 atom stereocenters. The molecule has 2 rings (SSSR count). The number of benzene rings is 2. The molecule has 0 aliphatic heterocycles. The van der Waals surface area contributed by atoms with Gasteiger partial charge in [0.1, 0.15) is 18.5 Å². The third-order valence-corrected chi connectivity index (χ3v) is 3.35. The second-order valence-electron chi connectivity index (χ2n) is 4.17. The van der Waals surface area contributed by atoms with Crippen molar-refractivity contribution < 1.29 is 9.84 Å². The van der Waals surface area contributed by atoms with Crippen molar-refractivity contribution in [2.45, 2.75) is 13.0 Å². The molecule has 0 amide bonds. The minimum atomic E-state index is -0.613. The third kappa shape index (κ3) is 3.34. The van der Waals surface area contributed by atoms with Crippen molar-refractivity contribution in [2.24, 2.45) is 0 Å². The monoisotopic (exact) mass is 306 g/mol. The van der Waals surface area contributed by atoms with E-state index in [9.17, 15) is 5.11 Å². The summed E-state index contributed by atoms with van der Waals surface area (Å²) in [7, 11) is 0. The van der Waals surface area contributed by atoms with Crippen molar-refractivity contribution in [3.05, 3.63) is 64.1 Å². The average Bonchev–Trinajstić information content (AvgIpc) is 2.38. The molecule has 1 N–H and O–H groups in total. The molecule has 18 heavy (non-hydrogen) atoms. The molecular formula is C15H15BrO2. The Morgan fingerprint density at radius 3 is 2.44 bits per heavy atom. The van der Waals surface area contributed by atoms with E-state index in [4.69, 9.17) is 4.74 Å². The van der Waals surface area contributed by atoms with Gasteiger partial charge in [-0.15, -0.1) is 0 Å². The summed E-state index contributed by atoms with van der Waals surface area (Å²) in [5.74, 6) is 0.740. The molecule has 2 aromatic rings. The fourth-order valence-corrected chi connectivity index (χ4v) is 2.01. The van der Waals surface area contributed by atoms with Crippen LogP contribution in [0.5, 0.6) is 5.75 Å². The molecule has 0 aliphatic carbocycles. The number of aryl methyl sites for hydroxylation is 1. The maximum Gasteiger partial charge on any atom is 0.133 e.